The van der Waals surface area contributed by atoms with Crippen LogP contribution in [-0.2, 0) is 16.1 Å². The van der Waals surface area contributed by atoms with Crippen molar-refractivity contribution < 1.29 is 9.53 Å². The highest BCUT2D eigenvalue weighted by Crippen LogP contribution is 2.27. The van der Waals surface area contributed by atoms with Crippen molar-refractivity contribution in [1.82, 2.24) is 0 Å². The predicted molar refractivity (Wildman–Crippen MR) is 71.9 cm³/mol. The highest BCUT2D eigenvalue weighted by Gasteiger charge is 2.04. The molecule has 2 nitrogen and oxygen atoms in total. The number of fused-ring (bicyclic) bond motifs is 3. The predicted octanol–water partition coefficient (Wildman–Crippen LogP) is 3.58. The molecular weight excluding hydrogens is 224 g/mol. The molecule has 2 heteroatoms. The molecule has 1 radical (unpaired) electrons. The summed E-state index contributed by atoms with van der Waals surface area (Å²) in [7, 11) is 0. The van der Waals surface area contributed by atoms with Gasteiger partial charge in [-0.05, 0) is 27.1 Å². The molecule has 0 aliphatic rings. The van der Waals surface area contributed by atoms with E-state index in [9.17, 15) is 4.79 Å². The third-order valence-corrected chi connectivity index (χ3v) is 3.16. The van der Waals surface area contributed by atoms with Gasteiger partial charge in [0, 0.05) is 0 Å². The monoisotopic (exact) mass is 235 g/mol. The van der Waals surface area contributed by atoms with Crippen LogP contribution < -0.4 is 0 Å². The number of hydrogen-bond acceptors (Lipinski definition) is 2. The molecule has 0 N–H and O–H groups in total. The van der Waals surface area contributed by atoms with Gasteiger partial charge in [0.1, 0.15) is 6.61 Å². The summed E-state index contributed by atoms with van der Waals surface area (Å²) in [6, 6.07) is 18.5. The van der Waals surface area contributed by atoms with E-state index in [0.717, 1.165) is 10.9 Å². The first kappa shape index (κ1) is 10.8. The molecule has 0 saturated carbocycles. The summed E-state index contributed by atoms with van der Waals surface area (Å²) in [5.41, 5.74) is 1.00. The van der Waals surface area contributed by atoms with E-state index in [1.54, 1.807) is 0 Å². The van der Waals surface area contributed by atoms with E-state index in [-0.39, 0.29) is 6.61 Å². The van der Waals surface area contributed by atoms with E-state index in [4.69, 9.17) is 4.74 Å². The van der Waals surface area contributed by atoms with Crippen molar-refractivity contribution in [2.24, 2.45) is 0 Å². The molecule has 0 fully saturated rings. The second kappa shape index (κ2) is 4.49. The largest absolute Gasteiger partial charge is 0.452 e. The quantitative estimate of drug-likeness (QED) is 0.648. The molecule has 3 aromatic carbocycles. The maximum Gasteiger partial charge on any atom is 0.417 e. The first-order chi connectivity index (χ1) is 8.90. The summed E-state index contributed by atoms with van der Waals surface area (Å²) in [4.78, 5) is 10.2. The molecule has 3 rings (SSSR count). The van der Waals surface area contributed by atoms with Crippen molar-refractivity contribution in [3.8, 4) is 0 Å². The molecule has 0 aromatic heterocycles. The van der Waals surface area contributed by atoms with Gasteiger partial charge in [0.15, 0.2) is 0 Å². The van der Waals surface area contributed by atoms with E-state index in [2.05, 4.69) is 30.3 Å². The minimum atomic E-state index is 0.263. The Morgan fingerprint density at radius 2 is 1.67 bits per heavy atom. The van der Waals surface area contributed by atoms with Gasteiger partial charge in [-0.15, -0.1) is 0 Å². The second-order valence-corrected chi connectivity index (χ2v) is 4.17. The number of hydrogen-bond donors (Lipinski definition) is 0. The Hall–Kier alpha value is -2.35. The molecule has 0 amide bonds. The maximum atomic E-state index is 10.2. The molecule has 0 bridgehead atoms. The first-order valence-corrected chi connectivity index (χ1v) is 5.78. The second-order valence-electron chi connectivity index (χ2n) is 4.17. The molecular formula is C16H11O2. The van der Waals surface area contributed by atoms with Crippen LogP contribution in [0.1, 0.15) is 5.56 Å². The van der Waals surface area contributed by atoms with Crippen LogP contribution in [0, 0.1) is 0 Å². The Bertz CT molecular complexity index is 716. The Morgan fingerprint density at radius 3 is 2.56 bits per heavy atom. The van der Waals surface area contributed by atoms with Gasteiger partial charge in [-0.25, -0.2) is 4.79 Å². The lowest BCUT2D eigenvalue weighted by Gasteiger charge is -2.08. The normalized spacial score (nSPS) is 10.7. The molecule has 18 heavy (non-hydrogen) atoms. The number of benzene rings is 3. The van der Waals surface area contributed by atoms with Crippen LogP contribution in [0.2, 0.25) is 0 Å². The van der Waals surface area contributed by atoms with Crippen LogP contribution in [0.4, 0.5) is 0 Å². The Kier molecular flexibility index (Phi) is 2.69. The van der Waals surface area contributed by atoms with Gasteiger partial charge >= 0.3 is 6.47 Å². The number of ether oxygens (including phenoxy) is 1. The summed E-state index contributed by atoms with van der Waals surface area (Å²) in [5, 5.41) is 4.73. The van der Waals surface area contributed by atoms with Crippen LogP contribution in [0.15, 0.2) is 54.6 Å². The molecule has 0 atom stereocenters. The topological polar surface area (TPSA) is 26.3 Å². The highest BCUT2D eigenvalue weighted by molar-refractivity contribution is 6.08. The molecule has 0 aliphatic heterocycles. The number of rotatable bonds is 3. The van der Waals surface area contributed by atoms with Gasteiger partial charge in [0.05, 0.1) is 0 Å². The lowest BCUT2D eigenvalue weighted by atomic mass is 9.99. The molecule has 87 valence electrons. The van der Waals surface area contributed by atoms with Gasteiger partial charge in [0.25, 0.3) is 0 Å². The molecule has 0 heterocycles. The Balaban J connectivity index is 2.29. The van der Waals surface area contributed by atoms with Gasteiger partial charge < -0.3 is 4.74 Å². The zero-order chi connectivity index (χ0) is 12.4. The first-order valence-electron chi connectivity index (χ1n) is 5.78. The standard InChI is InChI=1S/C16H11O2/c17-11-18-10-13-5-3-7-16-14-6-2-1-4-12(14)8-9-15(13)16/h1-9H,10H2. The number of carbonyl (C=O) groups excluding carboxylic acids is 1. The molecule has 3 aromatic rings. The van der Waals surface area contributed by atoms with E-state index in [1.807, 2.05) is 24.3 Å². The fraction of sp³-hybridized carbons (Fsp3) is 0.0625. The fourth-order valence-electron chi connectivity index (χ4n) is 2.34. The zero-order valence-corrected chi connectivity index (χ0v) is 9.72. The van der Waals surface area contributed by atoms with Crippen molar-refractivity contribution in [1.29, 1.82) is 0 Å². The van der Waals surface area contributed by atoms with Crippen molar-refractivity contribution in [3.05, 3.63) is 60.2 Å². The lowest BCUT2D eigenvalue weighted by Crippen LogP contribution is -1.91. The van der Waals surface area contributed by atoms with Gasteiger partial charge in [-0.3, -0.25) is 0 Å². The SMILES string of the molecule is O=[C]OCc1cccc2c1ccc1ccccc12. The van der Waals surface area contributed by atoms with Crippen molar-refractivity contribution in [2.75, 3.05) is 0 Å². The van der Waals surface area contributed by atoms with Crippen LogP contribution >= 0.6 is 0 Å². The summed E-state index contributed by atoms with van der Waals surface area (Å²) < 4.78 is 4.73. The summed E-state index contributed by atoms with van der Waals surface area (Å²) in [6.07, 6.45) is 0. The zero-order valence-electron chi connectivity index (χ0n) is 9.72. The summed E-state index contributed by atoms with van der Waals surface area (Å²) >= 11 is 0. The van der Waals surface area contributed by atoms with Crippen LogP contribution in [0.5, 0.6) is 0 Å². The van der Waals surface area contributed by atoms with E-state index in [0.29, 0.717) is 0 Å². The van der Waals surface area contributed by atoms with Gasteiger partial charge in [0.2, 0.25) is 0 Å². The molecule has 0 aliphatic carbocycles. The average molecular weight is 235 g/mol. The Labute approximate surface area is 105 Å². The van der Waals surface area contributed by atoms with E-state index >= 15 is 0 Å². The van der Waals surface area contributed by atoms with Crippen molar-refractivity contribution >= 4 is 28.0 Å². The maximum absolute atomic E-state index is 10.2. The Morgan fingerprint density at radius 1 is 0.833 bits per heavy atom. The molecule has 0 spiro atoms. The van der Waals surface area contributed by atoms with Crippen molar-refractivity contribution in [3.63, 3.8) is 0 Å². The average Bonchev–Trinajstić information content (AvgIpc) is 2.44. The molecule has 0 saturated heterocycles. The lowest BCUT2D eigenvalue weighted by molar-refractivity contribution is 0.268. The smallest absolute Gasteiger partial charge is 0.417 e. The highest BCUT2D eigenvalue weighted by atomic mass is 16.5. The van der Waals surface area contributed by atoms with Gasteiger partial charge in [-0.1, -0.05) is 54.6 Å². The van der Waals surface area contributed by atoms with Crippen molar-refractivity contribution in [2.45, 2.75) is 6.61 Å². The minimum absolute atomic E-state index is 0.263. The van der Waals surface area contributed by atoms with E-state index in [1.165, 1.54) is 22.6 Å². The van der Waals surface area contributed by atoms with E-state index < -0.39 is 0 Å². The van der Waals surface area contributed by atoms with Crippen LogP contribution in [0.3, 0.4) is 0 Å². The summed E-state index contributed by atoms with van der Waals surface area (Å²) in [5.74, 6) is 0. The minimum Gasteiger partial charge on any atom is -0.452 e. The van der Waals surface area contributed by atoms with Crippen LogP contribution in [0.25, 0.3) is 21.5 Å². The fourth-order valence-corrected chi connectivity index (χ4v) is 2.34. The van der Waals surface area contributed by atoms with Gasteiger partial charge in [-0.2, -0.15) is 0 Å². The third kappa shape index (κ3) is 1.72. The summed E-state index contributed by atoms with van der Waals surface area (Å²) in [6.45, 7) is 1.73. The molecule has 0 unspecified atom stereocenters. The van der Waals surface area contributed by atoms with Crippen LogP contribution in [-0.4, -0.2) is 6.47 Å². The third-order valence-electron chi connectivity index (χ3n) is 3.16.